The highest BCUT2D eigenvalue weighted by molar-refractivity contribution is 6.32. The van der Waals surface area contributed by atoms with E-state index in [1.165, 1.54) is 18.2 Å². The highest BCUT2D eigenvalue weighted by atomic mass is 35.5. The first kappa shape index (κ1) is 14.4. The van der Waals surface area contributed by atoms with Gasteiger partial charge in [0.2, 0.25) is 6.43 Å². The molecule has 1 aromatic carbocycles. The van der Waals surface area contributed by atoms with Gasteiger partial charge in [-0.1, -0.05) is 17.7 Å². The molecule has 0 fully saturated rings. The summed E-state index contributed by atoms with van der Waals surface area (Å²) >= 11 is 5.60. The topological polar surface area (TPSA) is 46.2 Å². The van der Waals surface area contributed by atoms with Crippen molar-refractivity contribution < 1.29 is 13.9 Å². The lowest BCUT2D eigenvalue weighted by molar-refractivity contribution is 0.128. The van der Waals surface area contributed by atoms with Crippen molar-refractivity contribution in [3.05, 3.63) is 28.8 Å². The summed E-state index contributed by atoms with van der Waals surface area (Å²) in [6, 6.07) is 3.45. The fourth-order valence-corrected chi connectivity index (χ4v) is 1.27. The third-order valence-electron chi connectivity index (χ3n) is 1.83. The van der Waals surface area contributed by atoms with Gasteiger partial charge in [0.1, 0.15) is 5.75 Å². The molecular formula is C9H11Cl2F2NO. The summed E-state index contributed by atoms with van der Waals surface area (Å²) in [7, 11) is 0. The van der Waals surface area contributed by atoms with Crippen molar-refractivity contribution in [2.24, 2.45) is 5.73 Å². The summed E-state index contributed by atoms with van der Waals surface area (Å²) < 4.78 is 24.0. The highest BCUT2D eigenvalue weighted by Crippen LogP contribution is 2.27. The van der Waals surface area contributed by atoms with Crippen LogP contribution in [0.1, 0.15) is 18.0 Å². The third-order valence-corrected chi connectivity index (χ3v) is 2.13. The van der Waals surface area contributed by atoms with E-state index in [1.807, 2.05) is 0 Å². The Bertz CT molecular complexity index is 323. The minimum atomic E-state index is -2.45. The summed E-state index contributed by atoms with van der Waals surface area (Å²) in [5, 5.41) is 9.20. The molecule has 0 saturated carbocycles. The van der Waals surface area contributed by atoms with Crippen LogP contribution in [-0.2, 0) is 0 Å². The average molecular weight is 258 g/mol. The molecule has 6 heteroatoms. The van der Waals surface area contributed by atoms with Crippen molar-refractivity contribution in [3.8, 4) is 5.75 Å². The quantitative estimate of drug-likeness (QED) is 0.874. The maximum atomic E-state index is 12.0. The summed E-state index contributed by atoms with van der Waals surface area (Å²) in [5.74, 6) is -0.0836. The average Bonchev–Trinajstić information content (AvgIpc) is 2.08. The van der Waals surface area contributed by atoms with Gasteiger partial charge in [-0.05, 0) is 17.7 Å². The van der Waals surface area contributed by atoms with Gasteiger partial charge in [0.15, 0.2) is 0 Å². The fourth-order valence-electron chi connectivity index (χ4n) is 1.08. The molecule has 15 heavy (non-hydrogen) atoms. The van der Waals surface area contributed by atoms with Gasteiger partial charge in [0, 0.05) is 12.5 Å². The molecule has 0 saturated heterocycles. The van der Waals surface area contributed by atoms with Crippen LogP contribution < -0.4 is 5.73 Å². The second kappa shape index (κ2) is 6.10. The van der Waals surface area contributed by atoms with E-state index in [-0.39, 0.29) is 23.2 Å². The van der Waals surface area contributed by atoms with Crippen LogP contribution in [0.4, 0.5) is 8.78 Å². The van der Waals surface area contributed by atoms with Crippen LogP contribution in [0.2, 0.25) is 5.02 Å². The molecule has 0 unspecified atom stereocenters. The van der Waals surface area contributed by atoms with Crippen LogP contribution >= 0.6 is 24.0 Å². The predicted octanol–water partition coefficient (Wildman–Crippen LogP) is 3.12. The Labute approximate surface area is 97.4 Å². The Hall–Kier alpha value is -0.580. The van der Waals surface area contributed by atoms with Crippen molar-refractivity contribution in [1.82, 2.24) is 0 Å². The Kier molecular flexibility index (Phi) is 5.87. The van der Waals surface area contributed by atoms with Gasteiger partial charge in [-0.25, -0.2) is 8.78 Å². The molecule has 1 aromatic rings. The molecule has 86 valence electrons. The van der Waals surface area contributed by atoms with E-state index >= 15 is 0 Å². The molecule has 0 aliphatic carbocycles. The first-order valence-corrected chi connectivity index (χ1v) is 4.40. The number of halogens is 4. The second-order valence-corrected chi connectivity index (χ2v) is 3.35. The molecule has 0 aliphatic heterocycles. The maximum Gasteiger partial charge on any atom is 0.240 e. The lowest BCUT2D eigenvalue weighted by Gasteiger charge is -2.11. The fraction of sp³-hybridized carbons (Fsp3) is 0.333. The molecule has 1 rings (SSSR count). The number of phenols is 1. The minimum absolute atomic E-state index is 0. The lowest BCUT2D eigenvalue weighted by Crippen LogP contribution is -2.13. The van der Waals surface area contributed by atoms with Gasteiger partial charge in [0.05, 0.1) is 5.02 Å². The zero-order valence-electron chi connectivity index (χ0n) is 7.66. The monoisotopic (exact) mass is 257 g/mol. The van der Waals surface area contributed by atoms with E-state index in [9.17, 15) is 8.78 Å². The Balaban J connectivity index is 0.00000196. The van der Waals surface area contributed by atoms with Gasteiger partial charge in [-0.15, -0.1) is 12.4 Å². The van der Waals surface area contributed by atoms with E-state index < -0.39 is 18.9 Å². The number of hydrogen-bond donors (Lipinski definition) is 2. The number of nitrogens with two attached hydrogens (primary N) is 1. The van der Waals surface area contributed by atoms with Crippen LogP contribution in [0, 0.1) is 0 Å². The third kappa shape index (κ3) is 4.20. The van der Waals surface area contributed by atoms with E-state index in [0.29, 0.717) is 5.56 Å². The molecular weight excluding hydrogens is 247 g/mol. The van der Waals surface area contributed by atoms with Crippen LogP contribution in [0.5, 0.6) is 5.75 Å². The minimum Gasteiger partial charge on any atom is -0.506 e. The smallest absolute Gasteiger partial charge is 0.240 e. The first-order valence-electron chi connectivity index (χ1n) is 4.03. The molecule has 1 atom stereocenters. The lowest BCUT2D eigenvalue weighted by atomic mass is 10.1. The number of rotatable bonds is 3. The van der Waals surface area contributed by atoms with Crippen molar-refractivity contribution in [1.29, 1.82) is 0 Å². The maximum absolute atomic E-state index is 12.0. The van der Waals surface area contributed by atoms with E-state index in [4.69, 9.17) is 22.4 Å². The standard InChI is InChI=1S/C9H10ClF2NO.ClH/c10-6-3-5(1-2-8(6)14)7(13)4-9(11)12;/h1-3,7,9,14H,4,13H2;1H/t7-;/m0./s1. The van der Waals surface area contributed by atoms with Crippen molar-refractivity contribution in [2.45, 2.75) is 18.9 Å². The first-order chi connectivity index (χ1) is 6.50. The van der Waals surface area contributed by atoms with Gasteiger partial charge in [0.25, 0.3) is 0 Å². The Morgan fingerprint density at radius 2 is 2.00 bits per heavy atom. The molecule has 0 spiro atoms. The molecule has 3 N–H and O–H groups in total. The van der Waals surface area contributed by atoms with Crippen molar-refractivity contribution in [2.75, 3.05) is 0 Å². The van der Waals surface area contributed by atoms with Gasteiger partial charge in [-0.3, -0.25) is 0 Å². The van der Waals surface area contributed by atoms with Crippen LogP contribution in [0.3, 0.4) is 0 Å². The largest absolute Gasteiger partial charge is 0.506 e. The zero-order valence-corrected chi connectivity index (χ0v) is 9.23. The number of benzene rings is 1. The van der Waals surface area contributed by atoms with Crippen LogP contribution in [-0.4, -0.2) is 11.5 Å². The highest BCUT2D eigenvalue weighted by Gasteiger charge is 2.13. The number of phenolic OH excluding ortho intramolecular Hbond substituents is 1. The molecule has 0 radical (unpaired) electrons. The Morgan fingerprint density at radius 1 is 1.40 bits per heavy atom. The second-order valence-electron chi connectivity index (χ2n) is 2.94. The zero-order chi connectivity index (χ0) is 10.7. The SMILES string of the molecule is Cl.N[C@@H](CC(F)F)c1ccc(O)c(Cl)c1. The van der Waals surface area contributed by atoms with Crippen molar-refractivity contribution >= 4 is 24.0 Å². The van der Waals surface area contributed by atoms with Crippen molar-refractivity contribution in [3.63, 3.8) is 0 Å². The summed E-state index contributed by atoms with van der Waals surface area (Å²) in [4.78, 5) is 0. The number of alkyl halides is 2. The molecule has 0 bridgehead atoms. The normalized spacial score (nSPS) is 12.3. The van der Waals surface area contributed by atoms with Gasteiger partial charge >= 0.3 is 0 Å². The molecule has 2 nitrogen and oxygen atoms in total. The summed E-state index contributed by atoms with van der Waals surface area (Å²) in [5.41, 5.74) is 5.99. The predicted molar refractivity (Wildman–Crippen MR) is 57.9 cm³/mol. The van der Waals surface area contributed by atoms with Gasteiger partial charge < -0.3 is 10.8 Å². The summed E-state index contributed by atoms with van der Waals surface area (Å²) in [6.07, 6.45) is -2.86. The number of aromatic hydroxyl groups is 1. The van der Waals surface area contributed by atoms with Crippen LogP contribution in [0.25, 0.3) is 0 Å². The molecule has 0 amide bonds. The van der Waals surface area contributed by atoms with Gasteiger partial charge in [-0.2, -0.15) is 0 Å². The molecule has 0 heterocycles. The van der Waals surface area contributed by atoms with Crippen LogP contribution in [0.15, 0.2) is 18.2 Å². The molecule has 0 aromatic heterocycles. The van der Waals surface area contributed by atoms with E-state index in [2.05, 4.69) is 0 Å². The number of hydrogen-bond acceptors (Lipinski definition) is 2. The Morgan fingerprint density at radius 3 is 2.47 bits per heavy atom. The van der Waals surface area contributed by atoms with E-state index in [1.54, 1.807) is 0 Å². The molecule has 0 aliphatic rings. The summed E-state index contributed by atoms with van der Waals surface area (Å²) in [6.45, 7) is 0. The van der Waals surface area contributed by atoms with E-state index in [0.717, 1.165) is 0 Å².